The van der Waals surface area contributed by atoms with E-state index >= 15 is 0 Å². The van der Waals surface area contributed by atoms with Crippen molar-refractivity contribution in [1.29, 1.82) is 0 Å². The van der Waals surface area contributed by atoms with Crippen LogP contribution in [-0.4, -0.2) is 44.2 Å². The first-order valence-electron chi connectivity index (χ1n) is 11.3. The first-order chi connectivity index (χ1) is 15.2. The van der Waals surface area contributed by atoms with Gasteiger partial charge in [0.2, 0.25) is 0 Å². The number of carbonyl (C=O) groups is 1. The van der Waals surface area contributed by atoms with Gasteiger partial charge in [0.25, 0.3) is 0 Å². The van der Waals surface area contributed by atoms with Crippen LogP contribution in [0.5, 0.6) is 0 Å². The molecule has 0 radical (unpaired) electrons. The number of halogens is 3. The summed E-state index contributed by atoms with van der Waals surface area (Å²) in [5.74, 6) is 0.285. The summed E-state index contributed by atoms with van der Waals surface area (Å²) >= 11 is 0. The second-order valence-electron chi connectivity index (χ2n) is 8.76. The van der Waals surface area contributed by atoms with Gasteiger partial charge < -0.3 is 14.6 Å². The van der Waals surface area contributed by atoms with E-state index in [0.717, 1.165) is 37.7 Å². The predicted octanol–water partition coefficient (Wildman–Crippen LogP) is 5.90. The van der Waals surface area contributed by atoms with Crippen LogP contribution in [0.15, 0.2) is 36.4 Å². The number of methoxy groups -OCH3 is 1. The highest BCUT2D eigenvalue weighted by atomic mass is 19.4. The van der Waals surface area contributed by atoms with E-state index in [1.54, 1.807) is 7.11 Å². The molecular formula is C25H35F3O4. The van der Waals surface area contributed by atoms with Crippen molar-refractivity contribution >= 4 is 5.97 Å². The fourth-order valence-electron chi connectivity index (χ4n) is 4.37. The lowest BCUT2D eigenvalue weighted by Gasteiger charge is -2.29. The zero-order chi connectivity index (χ0) is 23.6. The van der Waals surface area contributed by atoms with Gasteiger partial charge in [0.05, 0.1) is 18.8 Å². The Labute approximate surface area is 188 Å². The summed E-state index contributed by atoms with van der Waals surface area (Å²) in [5, 5.41) is 8.98. The van der Waals surface area contributed by atoms with Gasteiger partial charge in [-0.15, -0.1) is 0 Å². The Bertz CT molecular complexity index is 707. The molecule has 32 heavy (non-hydrogen) atoms. The van der Waals surface area contributed by atoms with E-state index in [2.05, 4.69) is 18.7 Å². The maximum atomic E-state index is 12.3. The van der Waals surface area contributed by atoms with Gasteiger partial charge in [-0.1, -0.05) is 43.7 Å². The highest BCUT2D eigenvalue weighted by molar-refractivity contribution is 5.87. The van der Waals surface area contributed by atoms with Crippen molar-refractivity contribution in [1.82, 2.24) is 0 Å². The number of aliphatic hydroxyl groups excluding tert-OH is 1. The van der Waals surface area contributed by atoms with E-state index in [9.17, 15) is 18.0 Å². The van der Waals surface area contributed by atoms with Crippen molar-refractivity contribution in [3.05, 3.63) is 47.5 Å². The minimum absolute atomic E-state index is 0.0208. The van der Waals surface area contributed by atoms with Crippen molar-refractivity contribution in [2.45, 2.75) is 69.4 Å². The average Bonchev–Trinajstić information content (AvgIpc) is 2.78. The molecule has 0 spiro atoms. The molecule has 1 aliphatic rings. The largest absolute Gasteiger partial charge is 0.462 e. The molecule has 1 N–H and O–H groups in total. The van der Waals surface area contributed by atoms with E-state index < -0.39 is 25.2 Å². The molecular weight excluding hydrogens is 421 g/mol. The maximum Gasteiger partial charge on any atom is 0.389 e. The predicted molar refractivity (Wildman–Crippen MR) is 117 cm³/mol. The van der Waals surface area contributed by atoms with Crippen molar-refractivity contribution < 1.29 is 32.5 Å². The molecule has 0 heterocycles. The fourth-order valence-corrected chi connectivity index (χ4v) is 4.37. The Morgan fingerprint density at radius 2 is 1.78 bits per heavy atom. The van der Waals surface area contributed by atoms with Crippen LogP contribution in [0.25, 0.3) is 0 Å². The van der Waals surface area contributed by atoms with Gasteiger partial charge in [0.1, 0.15) is 6.61 Å². The van der Waals surface area contributed by atoms with Crippen LogP contribution < -0.4 is 0 Å². The first-order valence-corrected chi connectivity index (χ1v) is 11.3. The quantitative estimate of drug-likeness (QED) is 0.242. The normalized spacial score (nSPS) is 20.0. The van der Waals surface area contributed by atoms with Gasteiger partial charge in [-0.2, -0.15) is 13.2 Å². The van der Waals surface area contributed by atoms with Crippen LogP contribution >= 0.6 is 0 Å². The molecule has 1 aromatic carbocycles. The summed E-state index contributed by atoms with van der Waals surface area (Å²) in [5.41, 5.74) is 2.30. The second kappa shape index (κ2) is 13.0. The van der Waals surface area contributed by atoms with E-state index in [-0.39, 0.29) is 24.5 Å². The number of aliphatic hydroxyl groups is 1. The van der Waals surface area contributed by atoms with Crippen LogP contribution in [0.1, 0.15) is 74.3 Å². The van der Waals surface area contributed by atoms with E-state index in [1.165, 1.54) is 5.56 Å². The Balaban J connectivity index is 1.82. The summed E-state index contributed by atoms with van der Waals surface area (Å²) in [6.07, 6.45) is 1.32. The van der Waals surface area contributed by atoms with Crippen LogP contribution in [0, 0.1) is 5.92 Å². The standard InChI is InChI=1S/C25H35F3O4/c1-18(15-29)24(30)32-17-23(16-31-2)22-12-10-21(11-13-22)20-8-6-19(7-9-20)5-3-4-14-25(26,27)28/h10-13,19-20,23,29H,1,3-9,14-17H2,2H3. The zero-order valence-electron chi connectivity index (χ0n) is 18.8. The van der Waals surface area contributed by atoms with Gasteiger partial charge in [0, 0.05) is 19.4 Å². The number of hydrogen-bond acceptors (Lipinski definition) is 4. The number of hydrogen-bond donors (Lipinski definition) is 1. The summed E-state index contributed by atoms with van der Waals surface area (Å²) in [6, 6.07) is 8.30. The van der Waals surface area contributed by atoms with Crippen LogP contribution in [-0.2, 0) is 14.3 Å². The molecule has 2 rings (SSSR count). The highest BCUT2D eigenvalue weighted by Crippen LogP contribution is 2.38. The summed E-state index contributed by atoms with van der Waals surface area (Å²) in [4.78, 5) is 11.8. The summed E-state index contributed by atoms with van der Waals surface area (Å²) < 4.78 is 47.3. The van der Waals surface area contributed by atoms with E-state index in [1.807, 2.05) is 12.1 Å². The number of alkyl halides is 3. The minimum Gasteiger partial charge on any atom is -0.462 e. The SMILES string of the molecule is C=C(CO)C(=O)OCC(COC)c1ccc(C2CCC(CCCCC(F)(F)F)CC2)cc1. The van der Waals surface area contributed by atoms with E-state index in [0.29, 0.717) is 24.9 Å². The Kier molecular flexibility index (Phi) is 10.7. The fraction of sp³-hybridized carbons (Fsp3) is 0.640. The molecule has 1 saturated carbocycles. The molecule has 0 aromatic heterocycles. The Hall–Kier alpha value is -1.86. The van der Waals surface area contributed by atoms with Crippen LogP contribution in [0.4, 0.5) is 13.2 Å². The molecule has 0 saturated heterocycles. The molecule has 0 aliphatic heterocycles. The smallest absolute Gasteiger partial charge is 0.389 e. The number of benzene rings is 1. The molecule has 1 aromatic rings. The minimum atomic E-state index is -4.04. The third-order valence-corrected chi connectivity index (χ3v) is 6.31. The molecule has 1 aliphatic carbocycles. The monoisotopic (exact) mass is 456 g/mol. The van der Waals surface area contributed by atoms with Gasteiger partial charge in [-0.25, -0.2) is 4.79 Å². The van der Waals surface area contributed by atoms with Gasteiger partial charge >= 0.3 is 12.1 Å². The number of rotatable bonds is 12. The Morgan fingerprint density at radius 1 is 1.12 bits per heavy atom. The molecule has 180 valence electrons. The maximum absolute atomic E-state index is 12.3. The third-order valence-electron chi connectivity index (χ3n) is 6.31. The molecule has 0 amide bonds. The third kappa shape index (κ3) is 8.94. The van der Waals surface area contributed by atoms with Gasteiger partial charge in [-0.05, 0) is 55.1 Å². The number of carbonyl (C=O) groups excluding carboxylic acids is 1. The van der Waals surface area contributed by atoms with E-state index in [4.69, 9.17) is 14.6 Å². The van der Waals surface area contributed by atoms with Crippen molar-refractivity contribution in [2.24, 2.45) is 5.92 Å². The zero-order valence-corrected chi connectivity index (χ0v) is 18.8. The van der Waals surface area contributed by atoms with Crippen molar-refractivity contribution in [3.8, 4) is 0 Å². The topological polar surface area (TPSA) is 55.8 Å². The molecule has 1 fully saturated rings. The number of unbranched alkanes of at least 4 members (excludes halogenated alkanes) is 1. The lowest BCUT2D eigenvalue weighted by Crippen LogP contribution is -2.19. The lowest BCUT2D eigenvalue weighted by molar-refractivity contribution is -0.140. The first kappa shape index (κ1) is 26.4. The molecule has 1 unspecified atom stereocenters. The van der Waals surface area contributed by atoms with Crippen LogP contribution in [0.3, 0.4) is 0 Å². The molecule has 1 atom stereocenters. The average molecular weight is 457 g/mol. The van der Waals surface area contributed by atoms with Gasteiger partial charge in [0.15, 0.2) is 0 Å². The van der Waals surface area contributed by atoms with Crippen LogP contribution in [0.2, 0.25) is 0 Å². The second-order valence-corrected chi connectivity index (χ2v) is 8.76. The molecule has 0 bridgehead atoms. The van der Waals surface area contributed by atoms with Crippen molar-refractivity contribution in [3.63, 3.8) is 0 Å². The van der Waals surface area contributed by atoms with Crippen molar-refractivity contribution in [2.75, 3.05) is 26.9 Å². The van der Waals surface area contributed by atoms with Gasteiger partial charge in [-0.3, -0.25) is 0 Å². The Morgan fingerprint density at radius 3 is 2.34 bits per heavy atom. The lowest BCUT2D eigenvalue weighted by atomic mass is 9.77. The molecule has 4 nitrogen and oxygen atoms in total. The highest BCUT2D eigenvalue weighted by Gasteiger charge is 2.27. The number of esters is 1. The molecule has 7 heteroatoms. The number of ether oxygens (including phenoxy) is 2. The summed E-state index contributed by atoms with van der Waals surface area (Å²) in [7, 11) is 1.59. The summed E-state index contributed by atoms with van der Waals surface area (Å²) in [6.45, 7) is 3.58.